The molecule has 0 radical (unpaired) electrons. The maximum absolute atomic E-state index is 13.6. The fourth-order valence-electron chi connectivity index (χ4n) is 1.51. The quantitative estimate of drug-likeness (QED) is 0.850. The van der Waals surface area contributed by atoms with Gasteiger partial charge in [0.2, 0.25) is 0 Å². The molecule has 0 aliphatic carbocycles. The summed E-state index contributed by atoms with van der Waals surface area (Å²) < 4.78 is 25.6. The van der Waals surface area contributed by atoms with E-state index in [9.17, 15) is 8.60 Å². The normalized spacial score (nSPS) is 12.3. The van der Waals surface area contributed by atoms with Gasteiger partial charge in [0.15, 0.2) is 0 Å². The summed E-state index contributed by atoms with van der Waals surface area (Å²) in [5.74, 6) is -0.335. The first-order valence-corrected chi connectivity index (χ1v) is 6.46. The van der Waals surface area contributed by atoms with E-state index in [-0.39, 0.29) is 11.4 Å². The fourth-order valence-corrected chi connectivity index (χ4v) is 2.64. The highest BCUT2D eigenvalue weighted by Crippen LogP contribution is 2.18. The summed E-state index contributed by atoms with van der Waals surface area (Å²) in [4.78, 5) is 0.689. The van der Waals surface area contributed by atoms with Crippen LogP contribution < -0.4 is 5.73 Å². The van der Waals surface area contributed by atoms with Crippen molar-refractivity contribution in [3.05, 3.63) is 59.9 Å². The number of rotatable bonds is 3. The molecule has 2 aromatic carbocycles. The summed E-state index contributed by atoms with van der Waals surface area (Å²) >= 11 is 0. The number of benzene rings is 2. The number of hydrogen-bond acceptors (Lipinski definition) is 2. The minimum absolute atomic E-state index is 0.0903. The number of nitrogens with two attached hydrogens (primary N) is 1. The van der Waals surface area contributed by atoms with Crippen molar-refractivity contribution in [3.8, 4) is 0 Å². The Bertz CT molecular complexity index is 542. The van der Waals surface area contributed by atoms with Gasteiger partial charge in [0.25, 0.3) is 0 Å². The summed E-state index contributed by atoms with van der Waals surface area (Å²) in [5.41, 5.74) is 5.93. The summed E-state index contributed by atoms with van der Waals surface area (Å²) in [6, 6.07) is 13.8. The lowest BCUT2D eigenvalue weighted by Crippen LogP contribution is -2.01. The summed E-state index contributed by atoms with van der Waals surface area (Å²) in [6.45, 7) is 0. The van der Waals surface area contributed by atoms with Gasteiger partial charge in [-0.3, -0.25) is 4.21 Å². The SMILES string of the molecule is Nc1cccc(CS(=O)c2ccccc2)c1F. The van der Waals surface area contributed by atoms with Gasteiger partial charge in [0.05, 0.1) is 22.2 Å². The van der Waals surface area contributed by atoms with Crippen molar-refractivity contribution in [2.45, 2.75) is 10.6 Å². The molecule has 0 heterocycles. The molecule has 88 valence electrons. The fraction of sp³-hybridized carbons (Fsp3) is 0.0769. The highest BCUT2D eigenvalue weighted by molar-refractivity contribution is 7.84. The Balaban J connectivity index is 2.22. The number of hydrogen-bond donors (Lipinski definition) is 1. The van der Waals surface area contributed by atoms with Gasteiger partial charge in [-0.2, -0.15) is 0 Å². The summed E-state index contributed by atoms with van der Waals surface area (Å²) in [6.07, 6.45) is 0. The molecule has 4 heteroatoms. The van der Waals surface area contributed by atoms with E-state index in [2.05, 4.69) is 0 Å². The Morgan fingerprint density at radius 2 is 1.76 bits per heavy atom. The van der Waals surface area contributed by atoms with Crippen molar-refractivity contribution in [1.29, 1.82) is 0 Å². The standard InChI is InChI=1S/C13H12FNOS/c14-13-10(5-4-8-12(13)15)9-17(16)11-6-2-1-3-7-11/h1-8H,9,15H2. The van der Waals surface area contributed by atoms with Gasteiger partial charge in [0, 0.05) is 10.5 Å². The van der Waals surface area contributed by atoms with Gasteiger partial charge in [-0.1, -0.05) is 30.3 Å². The molecule has 2 rings (SSSR count). The largest absolute Gasteiger partial charge is 0.396 e. The van der Waals surface area contributed by atoms with Crippen LogP contribution in [0, 0.1) is 5.82 Å². The molecular weight excluding hydrogens is 237 g/mol. The lowest BCUT2D eigenvalue weighted by atomic mass is 10.2. The minimum Gasteiger partial charge on any atom is -0.396 e. The average Bonchev–Trinajstić information content (AvgIpc) is 2.36. The van der Waals surface area contributed by atoms with Crippen molar-refractivity contribution in [2.24, 2.45) is 0 Å². The highest BCUT2D eigenvalue weighted by atomic mass is 32.2. The van der Waals surface area contributed by atoms with Crippen LogP contribution in [-0.2, 0) is 16.6 Å². The van der Waals surface area contributed by atoms with Crippen LogP contribution in [0.5, 0.6) is 0 Å². The van der Waals surface area contributed by atoms with Crippen LogP contribution >= 0.6 is 0 Å². The Hall–Kier alpha value is -1.68. The molecule has 17 heavy (non-hydrogen) atoms. The van der Waals surface area contributed by atoms with Crippen molar-refractivity contribution in [1.82, 2.24) is 0 Å². The number of halogens is 1. The Kier molecular flexibility index (Phi) is 3.54. The molecule has 2 aromatic rings. The third-order valence-electron chi connectivity index (χ3n) is 2.40. The molecule has 0 bridgehead atoms. The molecule has 2 nitrogen and oxygen atoms in total. The van der Waals surface area contributed by atoms with Crippen molar-refractivity contribution < 1.29 is 8.60 Å². The molecule has 0 saturated carbocycles. The van der Waals surface area contributed by atoms with Crippen LogP contribution in [-0.4, -0.2) is 4.21 Å². The van der Waals surface area contributed by atoms with Gasteiger partial charge >= 0.3 is 0 Å². The summed E-state index contributed by atoms with van der Waals surface area (Å²) in [5, 5.41) is 0. The molecule has 0 aliphatic rings. The van der Waals surface area contributed by atoms with Gasteiger partial charge in [0.1, 0.15) is 5.82 Å². The van der Waals surface area contributed by atoms with Crippen LogP contribution in [0.1, 0.15) is 5.56 Å². The monoisotopic (exact) mass is 249 g/mol. The smallest absolute Gasteiger partial charge is 0.150 e. The summed E-state index contributed by atoms with van der Waals surface area (Å²) in [7, 11) is -1.25. The van der Waals surface area contributed by atoms with Crippen molar-refractivity contribution in [3.63, 3.8) is 0 Å². The first-order valence-electron chi connectivity index (χ1n) is 5.15. The van der Waals surface area contributed by atoms with Crippen molar-refractivity contribution >= 4 is 16.5 Å². The van der Waals surface area contributed by atoms with Crippen LogP contribution in [0.2, 0.25) is 0 Å². The number of nitrogen functional groups attached to an aromatic ring is 1. The second-order valence-corrected chi connectivity index (χ2v) is 5.07. The molecule has 0 aliphatic heterocycles. The molecular formula is C13H12FNOS. The first kappa shape index (κ1) is 11.8. The van der Waals surface area contributed by atoms with E-state index in [4.69, 9.17) is 5.73 Å². The number of anilines is 1. The second-order valence-electron chi connectivity index (χ2n) is 3.62. The second kappa shape index (κ2) is 5.10. The Morgan fingerprint density at radius 1 is 1.06 bits per heavy atom. The van der Waals surface area contributed by atoms with E-state index in [1.165, 1.54) is 6.07 Å². The van der Waals surface area contributed by atoms with E-state index in [1.54, 1.807) is 24.3 Å². The maximum Gasteiger partial charge on any atom is 0.150 e. The zero-order valence-electron chi connectivity index (χ0n) is 9.10. The minimum atomic E-state index is -1.25. The zero-order chi connectivity index (χ0) is 12.3. The predicted octanol–water partition coefficient (Wildman–Crippen LogP) is 2.72. The predicted molar refractivity (Wildman–Crippen MR) is 67.4 cm³/mol. The molecule has 1 unspecified atom stereocenters. The third-order valence-corrected chi connectivity index (χ3v) is 3.77. The average molecular weight is 249 g/mol. The molecule has 0 spiro atoms. The Labute approximate surface area is 102 Å². The molecule has 1 atom stereocenters. The van der Waals surface area contributed by atoms with Gasteiger partial charge in [-0.15, -0.1) is 0 Å². The lowest BCUT2D eigenvalue weighted by Gasteiger charge is -2.05. The first-order chi connectivity index (χ1) is 8.18. The van der Waals surface area contributed by atoms with E-state index in [0.717, 1.165) is 0 Å². The lowest BCUT2D eigenvalue weighted by molar-refractivity contribution is 0.620. The van der Waals surface area contributed by atoms with Crippen molar-refractivity contribution in [2.75, 3.05) is 5.73 Å². The molecule has 0 saturated heterocycles. The van der Waals surface area contributed by atoms with Crippen LogP contribution in [0.15, 0.2) is 53.4 Å². The molecule has 0 fully saturated rings. The van der Waals surface area contributed by atoms with E-state index in [0.29, 0.717) is 10.5 Å². The van der Waals surface area contributed by atoms with Gasteiger partial charge < -0.3 is 5.73 Å². The highest BCUT2D eigenvalue weighted by Gasteiger charge is 2.10. The van der Waals surface area contributed by atoms with Crippen LogP contribution in [0.4, 0.5) is 10.1 Å². The molecule has 0 aromatic heterocycles. The maximum atomic E-state index is 13.6. The Morgan fingerprint density at radius 3 is 2.47 bits per heavy atom. The molecule has 2 N–H and O–H groups in total. The van der Waals surface area contributed by atoms with E-state index < -0.39 is 16.6 Å². The van der Waals surface area contributed by atoms with Gasteiger partial charge in [-0.05, 0) is 18.2 Å². The van der Waals surface area contributed by atoms with E-state index >= 15 is 0 Å². The van der Waals surface area contributed by atoms with E-state index in [1.807, 2.05) is 18.2 Å². The van der Waals surface area contributed by atoms with Crippen LogP contribution in [0.3, 0.4) is 0 Å². The van der Waals surface area contributed by atoms with Gasteiger partial charge in [-0.25, -0.2) is 4.39 Å². The van der Waals surface area contributed by atoms with Crippen LogP contribution in [0.25, 0.3) is 0 Å². The zero-order valence-corrected chi connectivity index (χ0v) is 9.91. The molecule has 0 amide bonds. The third kappa shape index (κ3) is 2.71. The topological polar surface area (TPSA) is 43.1 Å².